The molecule has 0 bridgehead atoms. The molecule has 2 atom stereocenters. The first kappa shape index (κ1) is 17.9. The molecule has 1 amide bonds. The lowest BCUT2D eigenvalue weighted by atomic mass is 9.96. The summed E-state index contributed by atoms with van der Waals surface area (Å²) in [4.78, 5) is 24.7. The van der Waals surface area contributed by atoms with E-state index in [1.165, 1.54) is 17.3 Å². The first-order valence-electron chi connectivity index (χ1n) is 8.37. The lowest BCUT2D eigenvalue weighted by Gasteiger charge is -2.35. The Morgan fingerprint density at radius 2 is 1.96 bits per heavy atom. The third-order valence-electron chi connectivity index (χ3n) is 5.11. The standard InChI is InChI=1S/C17H22N2O5S/c1-11-3-4-14(17(21)22)10-19(11)25(23,24)15-6-5-13-7-8-18(12(2)20)16(13)9-15/h5-6,9,11,14H,3-4,7-8,10H2,1-2H3,(H,21,22). The molecular formula is C17H22N2O5S. The minimum Gasteiger partial charge on any atom is -0.481 e. The number of rotatable bonds is 3. The van der Waals surface area contributed by atoms with Crippen LogP contribution in [-0.2, 0) is 26.0 Å². The number of carbonyl (C=O) groups excluding carboxylic acids is 1. The number of piperidine rings is 1. The van der Waals surface area contributed by atoms with Gasteiger partial charge in [-0.05, 0) is 43.9 Å². The SMILES string of the molecule is CC(=O)N1CCc2ccc(S(=O)(=O)N3CC(C(=O)O)CCC3C)cc21. The molecule has 2 heterocycles. The van der Waals surface area contributed by atoms with Gasteiger partial charge in [0.05, 0.1) is 10.8 Å². The fraction of sp³-hybridized carbons (Fsp3) is 0.529. The summed E-state index contributed by atoms with van der Waals surface area (Å²) in [6.07, 6.45) is 1.70. The van der Waals surface area contributed by atoms with Crippen LogP contribution in [0.1, 0.15) is 32.3 Å². The van der Waals surface area contributed by atoms with Gasteiger partial charge in [-0.1, -0.05) is 6.07 Å². The van der Waals surface area contributed by atoms with E-state index in [9.17, 15) is 23.1 Å². The lowest BCUT2D eigenvalue weighted by molar-refractivity contribution is -0.143. The highest BCUT2D eigenvalue weighted by Crippen LogP contribution is 2.34. The van der Waals surface area contributed by atoms with Crippen molar-refractivity contribution in [3.63, 3.8) is 0 Å². The number of anilines is 1. The van der Waals surface area contributed by atoms with Crippen LogP contribution in [0.25, 0.3) is 0 Å². The van der Waals surface area contributed by atoms with Gasteiger partial charge in [-0.2, -0.15) is 4.31 Å². The fourth-order valence-corrected chi connectivity index (χ4v) is 5.32. The maximum atomic E-state index is 13.1. The Morgan fingerprint density at radius 1 is 1.24 bits per heavy atom. The molecular weight excluding hydrogens is 344 g/mol. The molecule has 1 saturated heterocycles. The maximum absolute atomic E-state index is 13.1. The van der Waals surface area contributed by atoms with E-state index in [0.717, 1.165) is 5.56 Å². The molecule has 2 unspecified atom stereocenters. The zero-order chi connectivity index (χ0) is 18.4. The van der Waals surface area contributed by atoms with Crippen molar-refractivity contribution in [2.75, 3.05) is 18.0 Å². The highest BCUT2D eigenvalue weighted by molar-refractivity contribution is 7.89. The summed E-state index contributed by atoms with van der Waals surface area (Å²) in [6, 6.07) is 4.58. The van der Waals surface area contributed by atoms with Crippen LogP contribution in [0.15, 0.2) is 23.1 Å². The van der Waals surface area contributed by atoms with Crippen LogP contribution >= 0.6 is 0 Å². The number of hydrogen-bond donors (Lipinski definition) is 1. The molecule has 1 aromatic carbocycles. The number of carboxylic acid groups (broad SMARTS) is 1. The zero-order valence-electron chi connectivity index (χ0n) is 14.3. The van der Waals surface area contributed by atoms with Gasteiger partial charge in [-0.25, -0.2) is 8.42 Å². The van der Waals surface area contributed by atoms with Crippen molar-refractivity contribution < 1.29 is 23.1 Å². The Kier molecular flexibility index (Phi) is 4.59. The van der Waals surface area contributed by atoms with Gasteiger partial charge in [0.15, 0.2) is 0 Å². The van der Waals surface area contributed by atoms with E-state index in [1.807, 2.05) is 0 Å². The average molecular weight is 366 g/mol. The Hall–Kier alpha value is -1.93. The van der Waals surface area contributed by atoms with Crippen LogP contribution in [0.4, 0.5) is 5.69 Å². The van der Waals surface area contributed by atoms with Gasteiger partial charge in [0.2, 0.25) is 15.9 Å². The predicted molar refractivity (Wildman–Crippen MR) is 91.9 cm³/mol. The molecule has 0 spiro atoms. The zero-order valence-corrected chi connectivity index (χ0v) is 15.1. The minimum atomic E-state index is -3.82. The first-order chi connectivity index (χ1) is 11.7. The first-order valence-corrected chi connectivity index (χ1v) is 9.81. The summed E-state index contributed by atoms with van der Waals surface area (Å²) in [7, 11) is -3.82. The summed E-state index contributed by atoms with van der Waals surface area (Å²) in [5.41, 5.74) is 1.58. The molecule has 1 N–H and O–H groups in total. The molecule has 3 rings (SSSR count). The van der Waals surface area contributed by atoms with Crippen molar-refractivity contribution in [1.82, 2.24) is 4.31 Å². The monoisotopic (exact) mass is 366 g/mol. The number of carbonyl (C=O) groups is 2. The average Bonchev–Trinajstić information content (AvgIpc) is 2.98. The number of sulfonamides is 1. The van der Waals surface area contributed by atoms with Crippen molar-refractivity contribution in [3.05, 3.63) is 23.8 Å². The summed E-state index contributed by atoms with van der Waals surface area (Å²) >= 11 is 0. The third kappa shape index (κ3) is 3.16. The van der Waals surface area contributed by atoms with Gasteiger partial charge >= 0.3 is 5.97 Å². The van der Waals surface area contributed by atoms with E-state index in [2.05, 4.69) is 0 Å². The number of fused-ring (bicyclic) bond motifs is 1. The quantitative estimate of drug-likeness (QED) is 0.874. The smallest absolute Gasteiger partial charge is 0.307 e. The van der Waals surface area contributed by atoms with E-state index >= 15 is 0 Å². The normalized spacial score (nSPS) is 24.2. The second-order valence-electron chi connectivity index (χ2n) is 6.75. The largest absolute Gasteiger partial charge is 0.481 e. The third-order valence-corrected chi connectivity index (χ3v) is 7.09. The van der Waals surface area contributed by atoms with Crippen molar-refractivity contribution in [1.29, 1.82) is 0 Å². The van der Waals surface area contributed by atoms with Crippen LogP contribution in [0.2, 0.25) is 0 Å². The Balaban J connectivity index is 1.96. The van der Waals surface area contributed by atoms with E-state index in [0.29, 0.717) is 31.5 Å². The van der Waals surface area contributed by atoms with Gasteiger partial charge in [-0.3, -0.25) is 9.59 Å². The van der Waals surface area contributed by atoms with Crippen LogP contribution in [0.3, 0.4) is 0 Å². The molecule has 136 valence electrons. The molecule has 0 radical (unpaired) electrons. The molecule has 0 saturated carbocycles. The van der Waals surface area contributed by atoms with Crippen LogP contribution in [-0.4, -0.2) is 48.8 Å². The second-order valence-corrected chi connectivity index (χ2v) is 8.64. The fourth-order valence-electron chi connectivity index (χ4n) is 3.59. The molecule has 8 heteroatoms. The molecule has 1 fully saturated rings. The number of benzene rings is 1. The molecule has 2 aliphatic rings. The lowest BCUT2D eigenvalue weighted by Crippen LogP contribution is -2.47. The summed E-state index contributed by atoms with van der Waals surface area (Å²) in [5.74, 6) is -1.77. The summed E-state index contributed by atoms with van der Waals surface area (Å²) < 4.78 is 27.4. The van der Waals surface area contributed by atoms with E-state index in [-0.39, 0.29) is 23.4 Å². The summed E-state index contributed by atoms with van der Waals surface area (Å²) in [5, 5.41) is 9.24. The molecule has 0 aliphatic carbocycles. The minimum absolute atomic E-state index is 0.0215. The van der Waals surface area contributed by atoms with Gasteiger partial charge in [0.25, 0.3) is 0 Å². The van der Waals surface area contributed by atoms with Crippen molar-refractivity contribution in [2.45, 2.75) is 44.0 Å². The van der Waals surface area contributed by atoms with E-state index in [4.69, 9.17) is 0 Å². The number of aliphatic carboxylic acids is 1. The molecule has 7 nitrogen and oxygen atoms in total. The summed E-state index contributed by atoms with van der Waals surface area (Å²) in [6.45, 7) is 3.78. The topological polar surface area (TPSA) is 95.0 Å². The molecule has 2 aliphatic heterocycles. The Labute approximate surface area is 147 Å². The number of hydrogen-bond acceptors (Lipinski definition) is 4. The molecule has 25 heavy (non-hydrogen) atoms. The highest BCUT2D eigenvalue weighted by atomic mass is 32.2. The number of nitrogens with zero attached hydrogens (tertiary/aromatic N) is 2. The van der Waals surface area contributed by atoms with Gasteiger partial charge < -0.3 is 10.0 Å². The van der Waals surface area contributed by atoms with Crippen molar-refractivity contribution in [2.24, 2.45) is 5.92 Å². The van der Waals surface area contributed by atoms with Gasteiger partial charge in [0.1, 0.15) is 0 Å². The highest BCUT2D eigenvalue weighted by Gasteiger charge is 2.38. The molecule has 1 aromatic rings. The predicted octanol–water partition coefficient (Wildman–Crippen LogP) is 1.47. The van der Waals surface area contributed by atoms with Crippen molar-refractivity contribution >= 4 is 27.6 Å². The van der Waals surface area contributed by atoms with Gasteiger partial charge in [-0.15, -0.1) is 0 Å². The van der Waals surface area contributed by atoms with E-state index < -0.39 is 21.9 Å². The van der Waals surface area contributed by atoms with Crippen LogP contribution in [0.5, 0.6) is 0 Å². The Morgan fingerprint density at radius 3 is 2.60 bits per heavy atom. The number of amides is 1. The van der Waals surface area contributed by atoms with Crippen molar-refractivity contribution in [3.8, 4) is 0 Å². The van der Waals surface area contributed by atoms with Gasteiger partial charge in [0, 0.05) is 31.7 Å². The maximum Gasteiger partial charge on any atom is 0.307 e. The van der Waals surface area contributed by atoms with E-state index in [1.54, 1.807) is 24.0 Å². The second kappa shape index (κ2) is 6.42. The van der Waals surface area contributed by atoms with Crippen LogP contribution < -0.4 is 4.90 Å². The Bertz CT molecular complexity index is 820. The van der Waals surface area contributed by atoms with Crippen LogP contribution in [0, 0.1) is 5.92 Å². The molecule has 0 aromatic heterocycles. The number of carboxylic acids is 1.